The second kappa shape index (κ2) is 7.61. The van der Waals surface area contributed by atoms with Gasteiger partial charge in [-0.1, -0.05) is 30.0 Å². The Morgan fingerprint density at radius 2 is 2.18 bits per heavy atom. The van der Waals surface area contributed by atoms with E-state index in [2.05, 4.69) is 16.3 Å². The molecule has 1 aromatic carbocycles. The molecule has 114 valence electrons. The number of benzene rings is 1. The molecule has 1 amide bonds. The Labute approximate surface area is 133 Å². The van der Waals surface area contributed by atoms with Crippen LogP contribution in [0.15, 0.2) is 29.4 Å². The number of nitrogens with zero attached hydrogens (tertiary/aromatic N) is 4. The largest absolute Gasteiger partial charge is 0.370 e. The predicted molar refractivity (Wildman–Crippen MR) is 83.9 cm³/mol. The van der Waals surface area contributed by atoms with Gasteiger partial charge in [0.25, 0.3) is 0 Å². The first-order valence-electron chi connectivity index (χ1n) is 6.96. The average Bonchev–Trinajstić information content (AvgIpc) is 2.93. The van der Waals surface area contributed by atoms with Crippen molar-refractivity contribution in [2.24, 2.45) is 5.73 Å². The Morgan fingerprint density at radius 3 is 2.86 bits per heavy atom. The van der Waals surface area contributed by atoms with Crippen molar-refractivity contribution in [3.05, 3.63) is 41.2 Å². The minimum Gasteiger partial charge on any atom is -0.370 e. The van der Waals surface area contributed by atoms with E-state index in [-0.39, 0.29) is 12.3 Å². The zero-order chi connectivity index (χ0) is 15.9. The van der Waals surface area contributed by atoms with Crippen LogP contribution in [0.3, 0.4) is 0 Å². The van der Waals surface area contributed by atoms with Crippen LogP contribution in [0.1, 0.15) is 30.3 Å². The monoisotopic (exact) mass is 315 g/mol. The Hall–Kier alpha value is -2.33. The minimum absolute atomic E-state index is 0.264. The third-order valence-electron chi connectivity index (χ3n) is 3.20. The van der Waals surface area contributed by atoms with E-state index in [9.17, 15) is 4.79 Å². The van der Waals surface area contributed by atoms with Crippen molar-refractivity contribution in [2.75, 3.05) is 0 Å². The van der Waals surface area contributed by atoms with E-state index in [1.54, 1.807) is 6.07 Å². The number of amides is 1. The smallest absolute Gasteiger partial charge is 0.217 e. The summed E-state index contributed by atoms with van der Waals surface area (Å²) in [6.45, 7) is 2.73. The second-order valence-electron chi connectivity index (χ2n) is 4.67. The van der Waals surface area contributed by atoms with Gasteiger partial charge in [0, 0.05) is 25.1 Å². The summed E-state index contributed by atoms with van der Waals surface area (Å²) < 4.78 is 1.97. The number of aromatic nitrogens is 3. The molecule has 0 aliphatic rings. The fraction of sp³-hybridized carbons (Fsp3) is 0.333. The summed E-state index contributed by atoms with van der Waals surface area (Å²) in [6, 6.07) is 9.70. The molecule has 0 atom stereocenters. The molecule has 1 heterocycles. The van der Waals surface area contributed by atoms with E-state index in [1.807, 2.05) is 29.7 Å². The first kappa shape index (κ1) is 16.0. The number of primary amides is 1. The number of carbonyl (C=O) groups is 1. The van der Waals surface area contributed by atoms with E-state index in [1.165, 1.54) is 11.8 Å². The van der Waals surface area contributed by atoms with Crippen molar-refractivity contribution in [1.29, 1.82) is 5.26 Å². The molecule has 7 heteroatoms. The first-order chi connectivity index (χ1) is 10.7. The molecule has 0 aliphatic heterocycles. The summed E-state index contributed by atoms with van der Waals surface area (Å²) in [5, 5.41) is 18.2. The van der Waals surface area contributed by atoms with Crippen LogP contribution in [0.25, 0.3) is 0 Å². The van der Waals surface area contributed by atoms with Crippen molar-refractivity contribution in [3.63, 3.8) is 0 Å². The summed E-state index contributed by atoms with van der Waals surface area (Å²) in [4.78, 5) is 10.9. The van der Waals surface area contributed by atoms with E-state index in [0.717, 1.165) is 23.1 Å². The standard InChI is InChI=1S/C15H17N5OS/c1-2-20-14(8-7-13(17)21)18-19-15(20)22-10-12-6-4-3-5-11(12)9-16/h3-6H,2,7-8,10H2,1H3,(H2,17,21). The van der Waals surface area contributed by atoms with Gasteiger partial charge in [-0.25, -0.2) is 0 Å². The lowest BCUT2D eigenvalue weighted by Gasteiger charge is -2.07. The van der Waals surface area contributed by atoms with Crippen LogP contribution in [-0.4, -0.2) is 20.7 Å². The number of nitriles is 1. The third kappa shape index (κ3) is 3.86. The van der Waals surface area contributed by atoms with Crippen LogP contribution in [-0.2, 0) is 23.5 Å². The van der Waals surface area contributed by atoms with Gasteiger partial charge in [-0.05, 0) is 18.6 Å². The van der Waals surface area contributed by atoms with Crippen LogP contribution in [0.2, 0.25) is 0 Å². The number of hydrogen-bond donors (Lipinski definition) is 1. The number of thioether (sulfide) groups is 1. The lowest BCUT2D eigenvalue weighted by molar-refractivity contribution is -0.118. The van der Waals surface area contributed by atoms with Crippen LogP contribution < -0.4 is 5.73 Å². The molecule has 0 spiro atoms. The van der Waals surface area contributed by atoms with Gasteiger partial charge in [-0.2, -0.15) is 5.26 Å². The van der Waals surface area contributed by atoms with Crippen LogP contribution in [0, 0.1) is 11.3 Å². The van der Waals surface area contributed by atoms with Gasteiger partial charge in [-0.3, -0.25) is 4.79 Å². The highest BCUT2D eigenvalue weighted by Gasteiger charge is 2.13. The molecular weight excluding hydrogens is 298 g/mol. The Bertz CT molecular complexity index is 704. The van der Waals surface area contributed by atoms with Crippen molar-refractivity contribution >= 4 is 17.7 Å². The van der Waals surface area contributed by atoms with Gasteiger partial charge in [0.2, 0.25) is 5.91 Å². The quantitative estimate of drug-likeness (QED) is 0.787. The van der Waals surface area contributed by atoms with Crippen LogP contribution in [0.5, 0.6) is 0 Å². The minimum atomic E-state index is -0.345. The fourth-order valence-electron chi connectivity index (χ4n) is 2.06. The second-order valence-corrected chi connectivity index (χ2v) is 5.61. The number of carbonyl (C=O) groups excluding carboxylic acids is 1. The maximum absolute atomic E-state index is 10.9. The molecule has 6 nitrogen and oxygen atoms in total. The highest BCUT2D eigenvalue weighted by atomic mass is 32.2. The van der Waals surface area contributed by atoms with Crippen LogP contribution in [0.4, 0.5) is 0 Å². The Kier molecular flexibility index (Phi) is 5.55. The lowest BCUT2D eigenvalue weighted by Crippen LogP contribution is -2.13. The number of nitrogens with two attached hydrogens (primary N) is 1. The maximum Gasteiger partial charge on any atom is 0.217 e. The molecule has 0 bridgehead atoms. The maximum atomic E-state index is 10.9. The molecule has 0 aliphatic carbocycles. The predicted octanol–water partition coefficient (Wildman–Crippen LogP) is 1.88. The summed E-state index contributed by atoms with van der Waals surface area (Å²) in [5.74, 6) is 1.07. The fourth-order valence-corrected chi connectivity index (χ4v) is 3.09. The molecule has 2 N–H and O–H groups in total. The van der Waals surface area contributed by atoms with E-state index in [4.69, 9.17) is 11.0 Å². The van der Waals surface area contributed by atoms with Gasteiger partial charge < -0.3 is 10.3 Å². The first-order valence-corrected chi connectivity index (χ1v) is 7.95. The summed E-state index contributed by atoms with van der Waals surface area (Å²) in [5.41, 5.74) is 6.82. The van der Waals surface area contributed by atoms with E-state index < -0.39 is 0 Å². The number of hydrogen-bond acceptors (Lipinski definition) is 5. The molecule has 0 saturated heterocycles. The Balaban J connectivity index is 2.10. The van der Waals surface area contributed by atoms with Gasteiger partial charge in [0.1, 0.15) is 5.82 Å². The Morgan fingerprint density at radius 1 is 1.41 bits per heavy atom. The van der Waals surface area contributed by atoms with E-state index >= 15 is 0 Å². The summed E-state index contributed by atoms with van der Waals surface area (Å²) in [6.07, 6.45) is 0.756. The highest BCUT2D eigenvalue weighted by molar-refractivity contribution is 7.98. The SMILES string of the molecule is CCn1c(CCC(N)=O)nnc1SCc1ccccc1C#N. The molecule has 1 aromatic heterocycles. The molecule has 2 aromatic rings. The molecule has 0 radical (unpaired) electrons. The van der Waals surface area contributed by atoms with Gasteiger partial charge in [0.05, 0.1) is 11.6 Å². The van der Waals surface area contributed by atoms with Gasteiger partial charge >= 0.3 is 0 Å². The molecule has 0 saturated carbocycles. The van der Waals surface area contributed by atoms with Crippen molar-refractivity contribution in [2.45, 2.75) is 37.2 Å². The van der Waals surface area contributed by atoms with Gasteiger partial charge in [0.15, 0.2) is 5.16 Å². The van der Waals surface area contributed by atoms with Crippen molar-refractivity contribution < 1.29 is 4.79 Å². The molecular formula is C15H17N5OS. The molecule has 22 heavy (non-hydrogen) atoms. The highest BCUT2D eigenvalue weighted by Crippen LogP contribution is 2.23. The normalized spacial score (nSPS) is 10.4. The zero-order valence-corrected chi connectivity index (χ0v) is 13.1. The van der Waals surface area contributed by atoms with E-state index in [0.29, 0.717) is 17.7 Å². The average molecular weight is 315 g/mol. The number of rotatable bonds is 7. The lowest BCUT2D eigenvalue weighted by atomic mass is 10.1. The molecule has 0 fully saturated rings. The topological polar surface area (TPSA) is 97.6 Å². The molecule has 0 unspecified atom stereocenters. The summed E-state index contributed by atoms with van der Waals surface area (Å²) >= 11 is 1.53. The zero-order valence-electron chi connectivity index (χ0n) is 12.3. The van der Waals surface area contributed by atoms with Gasteiger partial charge in [-0.15, -0.1) is 10.2 Å². The number of aryl methyl sites for hydroxylation is 1. The molecule has 2 rings (SSSR count). The van der Waals surface area contributed by atoms with Crippen molar-refractivity contribution in [3.8, 4) is 6.07 Å². The van der Waals surface area contributed by atoms with Crippen molar-refractivity contribution in [1.82, 2.24) is 14.8 Å². The third-order valence-corrected chi connectivity index (χ3v) is 4.21. The summed E-state index contributed by atoms with van der Waals surface area (Å²) in [7, 11) is 0. The van der Waals surface area contributed by atoms with Crippen LogP contribution >= 0.6 is 11.8 Å².